The second-order valence-corrected chi connectivity index (χ2v) is 5.61. The Bertz CT molecular complexity index is 548. The van der Waals surface area contributed by atoms with Gasteiger partial charge in [0.05, 0.1) is 0 Å². The molecule has 0 saturated heterocycles. The van der Waals surface area contributed by atoms with Crippen molar-refractivity contribution >= 4 is 11.8 Å². The van der Waals surface area contributed by atoms with Crippen LogP contribution in [-0.2, 0) is 0 Å². The Kier molecular flexibility index (Phi) is 6.73. The van der Waals surface area contributed by atoms with E-state index in [4.69, 9.17) is 0 Å². The monoisotopic (exact) mass is 283 g/mol. The van der Waals surface area contributed by atoms with E-state index in [0.717, 1.165) is 35.5 Å². The maximum absolute atomic E-state index is 4.51. The van der Waals surface area contributed by atoms with E-state index in [0.29, 0.717) is 5.92 Å². The number of nitrogens with zero attached hydrogens (tertiary/aromatic N) is 3. The van der Waals surface area contributed by atoms with Crippen molar-refractivity contribution in [2.24, 2.45) is 10.9 Å². The standard InChI is InChI=1S/C18H25N3/c1-7-18(9-14(4)8-13(2)3)21-10-15(5)17-11-19-16(6)20-12-17/h7,10-13H,4-5,8-9H2,1-3,6H3/b18-7-,21-10-. The fourth-order valence-corrected chi connectivity index (χ4v) is 1.92. The average Bonchev–Trinajstić information content (AvgIpc) is 2.43. The number of hydrogen-bond acceptors (Lipinski definition) is 3. The minimum absolute atomic E-state index is 0.624. The molecule has 112 valence electrons. The maximum atomic E-state index is 4.51. The van der Waals surface area contributed by atoms with Gasteiger partial charge in [0.2, 0.25) is 0 Å². The number of aromatic nitrogens is 2. The van der Waals surface area contributed by atoms with Gasteiger partial charge in [0, 0.05) is 36.3 Å². The van der Waals surface area contributed by atoms with Crippen LogP contribution in [0.3, 0.4) is 0 Å². The van der Waals surface area contributed by atoms with Crippen LogP contribution >= 0.6 is 0 Å². The van der Waals surface area contributed by atoms with Gasteiger partial charge in [0.15, 0.2) is 0 Å². The van der Waals surface area contributed by atoms with Crippen molar-refractivity contribution < 1.29 is 0 Å². The molecule has 0 aliphatic rings. The molecule has 0 aliphatic carbocycles. The van der Waals surface area contributed by atoms with Crippen molar-refractivity contribution in [3.05, 3.63) is 54.3 Å². The minimum Gasteiger partial charge on any atom is -0.261 e. The highest BCUT2D eigenvalue weighted by atomic mass is 14.8. The molecule has 0 radical (unpaired) electrons. The first-order chi connectivity index (χ1) is 9.92. The summed E-state index contributed by atoms with van der Waals surface area (Å²) < 4.78 is 0. The molecule has 1 rings (SSSR count). The van der Waals surface area contributed by atoms with Crippen molar-refractivity contribution in [1.29, 1.82) is 0 Å². The number of aliphatic imine (C=N–C) groups is 1. The molecule has 0 atom stereocenters. The van der Waals surface area contributed by atoms with Gasteiger partial charge in [-0.3, -0.25) is 4.99 Å². The third-order valence-corrected chi connectivity index (χ3v) is 3.00. The van der Waals surface area contributed by atoms with Crippen LogP contribution in [0.25, 0.3) is 5.57 Å². The first kappa shape index (κ1) is 17.0. The van der Waals surface area contributed by atoms with Crippen LogP contribution in [0, 0.1) is 12.8 Å². The van der Waals surface area contributed by atoms with Crippen molar-refractivity contribution in [3.63, 3.8) is 0 Å². The Morgan fingerprint density at radius 1 is 1.29 bits per heavy atom. The summed E-state index contributed by atoms with van der Waals surface area (Å²) in [5, 5.41) is 0. The van der Waals surface area contributed by atoms with Crippen LogP contribution in [0.1, 0.15) is 45.0 Å². The van der Waals surface area contributed by atoms with Crippen LogP contribution in [-0.4, -0.2) is 16.2 Å². The van der Waals surface area contributed by atoms with Crippen LogP contribution in [0.4, 0.5) is 0 Å². The van der Waals surface area contributed by atoms with Crippen LogP contribution in [0.2, 0.25) is 0 Å². The molecule has 0 saturated carbocycles. The zero-order chi connectivity index (χ0) is 15.8. The molecule has 0 unspecified atom stereocenters. The highest BCUT2D eigenvalue weighted by Crippen LogP contribution is 2.18. The normalized spacial score (nSPS) is 12.1. The minimum atomic E-state index is 0.624. The van der Waals surface area contributed by atoms with Crippen molar-refractivity contribution in [2.75, 3.05) is 0 Å². The van der Waals surface area contributed by atoms with Crippen LogP contribution < -0.4 is 0 Å². The molecule has 1 aromatic rings. The van der Waals surface area contributed by atoms with E-state index in [1.807, 2.05) is 19.9 Å². The van der Waals surface area contributed by atoms with Gasteiger partial charge < -0.3 is 0 Å². The van der Waals surface area contributed by atoms with Gasteiger partial charge in [0.1, 0.15) is 5.82 Å². The molecule has 1 aromatic heterocycles. The highest BCUT2D eigenvalue weighted by molar-refractivity contribution is 6.08. The Balaban J connectivity index is 2.66. The maximum Gasteiger partial charge on any atom is 0.125 e. The first-order valence-electron chi connectivity index (χ1n) is 7.26. The van der Waals surface area contributed by atoms with Gasteiger partial charge in [0.25, 0.3) is 0 Å². The summed E-state index contributed by atoms with van der Waals surface area (Å²) in [5.74, 6) is 1.38. The molecule has 1 heterocycles. The number of rotatable bonds is 7. The van der Waals surface area contributed by atoms with Gasteiger partial charge in [-0.15, -0.1) is 0 Å². The van der Waals surface area contributed by atoms with Gasteiger partial charge in [-0.2, -0.15) is 0 Å². The summed E-state index contributed by atoms with van der Waals surface area (Å²) in [5.41, 5.74) is 3.92. The fourth-order valence-electron chi connectivity index (χ4n) is 1.92. The third kappa shape index (κ3) is 6.30. The Morgan fingerprint density at radius 3 is 2.43 bits per heavy atom. The molecule has 0 bridgehead atoms. The van der Waals surface area contributed by atoms with Crippen molar-refractivity contribution in [2.45, 2.75) is 40.5 Å². The number of hydrogen-bond donors (Lipinski definition) is 0. The molecule has 0 fully saturated rings. The number of allylic oxidation sites excluding steroid dienone is 3. The lowest BCUT2D eigenvalue weighted by molar-refractivity contribution is 0.634. The van der Waals surface area contributed by atoms with Gasteiger partial charge >= 0.3 is 0 Å². The molecule has 0 N–H and O–H groups in total. The summed E-state index contributed by atoms with van der Waals surface area (Å²) in [4.78, 5) is 12.8. The highest BCUT2D eigenvalue weighted by Gasteiger charge is 2.02. The lowest BCUT2D eigenvalue weighted by Crippen LogP contribution is -1.94. The van der Waals surface area contributed by atoms with Crippen molar-refractivity contribution in [3.8, 4) is 0 Å². The van der Waals surface area contributed by atoms with E-state index in [1.165, 1.54) is 5.57 Å². The third-order valence-electron chi connectivity index (χ3n) is 3.00. The second-order valence-electron chi connectivity index (χ2n) is 5.61. The van der Waals surface area contributed by atoms with Crippen molar-refractivity contribution in [1.82, 2.24) is 9.97 Å². The molecular formula is C18H25N3. The predicted molar refractivity (Wildman–Crippen MR) is 91.3 cm³/mol. The van der Waals surface area contributed by atoms with E-state index >= 15 is 0 Å². The van der Waals surface area contributed by atoms with E-state index in [-0.39, 0.29) is 0 Å². The van der Waals surface area contributed by atoms with E-state index < -0.39 is 0 Å². The molecule has 3 nitrogen and oxygen atoms in total. The largest absolute Gasteiger partial charge is 0.261 e. The molecule has 0 spiro atoms. The smallest absolute Gasteiger partial charge is 0.125 e. The molecule has 21 heavy (non-hydrogen) atoms. The fraction of sp³-hybridized carbons (Fsp3) is 0.389. The van der Waals surface area contributed by atoms with Gasteiger partial charge in [-0.05, 0) is 31.8 Å². The SMILES string of the molecule is C=C(CC(=C/C)/N=C\C(=C)c1cnc(C)nc1)CC(C)C. The lowest BCUT2D eigenvalue weighted by atomic mass is 10.0. The number of aryl methyl sites for hydroxylation is 1. The summed E-state index contributed by atoms with van der Waals surface area (Å²) >= 11 is 0. The Hall–Kier alpha value is -2.03. The Labute approximate surface area is 128 Å². The summed E-state index contributed by atoms with van der Waals surface area (Å²) in [6.45, 7) is 16.4. The van der Waals surface area contributed by atoms with Gasteiger partial charge in [-0.1, -0.05) is 38.7 Å². The molecule has 0 amide bonds. The van der Waals surface area contributed by atoms with E-state index in [9.17, 15) is 0 Å². The van der Waals surface area contributed by atoms with E-state index in [2.05, 4.69) is 42.0 Å². The molecule has 0 aromatic carbocycles. The van der Waals surface area contributed by atoms with Crippen LogP contribution in [0.15, 0.2) is 47.9 Å². The topological polar surface area (TPSA) is 38.1 Å². The summed E-state index contributed by atoms with van der Waals surface area (Å²) in [6, 6.07) is 0. The summed E-state index contributed by atoms with van der Waals surface area (Å²) in [6.07, 6.45) is 9.16. The zero-order valence-corrected chi connectivity index (χ0v) is 13.6. The molecule has 0 aliphatic heterocycles. The lowest BCUT2D eigenvalue weighted by Gasteiger charge is -2.08. The molecular weight excluding hydrogens is 258 g/mol. The van der Waals surface area contributed by atoms with Gasteiger partial charge in [-0.25, -0.2) is 9.97 Å². The average molecular weight is 283 g/mol. The second kappa shape index (κ2) is 8.30. The quantitative estimate of drug-likeness (QED) is 0.534. The van der Waals surface area contributed by atoms with E-state index in [1.54, 1.807) is 18.6 Å². The summed E-state index contributed by atoms with van der Waals surface area (Å²) in [7, 11) is 0. The molecule has 3 heteroatoms. The first-order valence-corrected chi connectivity index (χ1v) is 7.26. The van der Waals surface area contributed by atoms with Crippen LogP contribution in [0.5, 0.6) is 0 Å². The Morgan fingerprint density at radius 2 is 1.90 bits per heavy atom. The zero-order valence-electron chi connectivity index (χ0n) is 13.6. The predicted octanol–water partition coefficient (Wildman–Crippen LogP) is 4.77.